The molecule has 23 heavy (non-hydrogen) atoms. The minimum atomic E-state index is -0.148. The first-order valence-corrected chi connectivity index (χ1v) is 7.57. The minimum Gasteiger partial charge on any atom is -0.355 e. The van der Waals surface area contributed by atoms with Crippen LogP contribution in [0.3, 0.4) is 0 Å². The van der Waals surface area contributed by atoms with Crippen molar-refractivity contribution in [2.75, 3.05) is 18.0 Å². The lowest BCUT2D eigenvalue weighted by Gasteiger charge is -2.33. The van der Waals surface area contributed by atoms with E-state index in [4.69, 9.17) is 5.26 Å². The number of hydrogen-bond donors (Lipinski definition) is 1. The molecule has 1 amide bonds. The molecule has 0 radical (unpaired) electrons. The summed E-state index contributed by atoms with van der Waals surface area (Å²) < 4.78 is 1.61. The van der Waals surface area contributed by atoms with E-state index in [2.05, 4.69) is 26.4 Å². The number of aromatic nitrogens is 3. The van der Waals surface area contributed by atoms with Crippen LogP contribution in [0.15, 0.2) is 30.6 Å². The van der Waals surface area contributed by atoms with Crippen molar-refractivity contribution >= 4 is 11.7 Å². The van der Waals surface area contributed by atoms with Crippen LogP contribution >= 0.6 is 0 Å². The normalized spacial score (nSPS) is 17.6. The van der Waals surface area contributed by atoms with Gasteiger partial charge in [0, 0.05) is 38.6 Å². The SMILES string of the molecule is Cn1ccc(C(=O)NC2CCCN(c3ccc(C#N)cn3)C2)n1. The monoisotopic (exact) mass is 310 g/mol. The smallest absolute Gasteiger partial charge is 0.272 e. The molecule has 1 atom stereocenters. The number of hydrogen-bond acceptors (Lipinski definition) is 5. The van der Waals surface area contributed by atoms with Crippen LogP contribution in [0.2, 0.25) is 0 Å². The van der Waals surface area contributed by atoms with E-state index in [0.717, 1.165) is 25.2 Å². The lowest BCUT2D eigenvalue weighted by molar-refractivity contribution is 0.0927. The van der Waals surface area contributed by atoms with Gasteiger partial charge in [-0.25, -0.2) is 4.98 Å². The zero-order valence-electron chi connectivity index (χ0n) is 12.9. The number of carbonyl (C=O) groups is 1. The van der Waals surface area contributed by atoms with Crippen molar-refractivity contribution in [3.05, 3.63) is 41.9 Å². The van der Waals surface area contributed by atoms with Gasteiger partial charge < -0.3 is 10.2 Å². The van der Waals surface area contributed by atoms with Gasteiger partial charge in [0.1, 0.15) is 17.6 Å². The predicted molar refractivity (Wildman–Crippen MR) is 84.9 cm³/mol. The first kappa shape index (κ1) is 15.0. The molecule has 0 spiro atoms. The zero-order valence-corrected chi connectivity index (χ0v) is 12.9. The molecule has 2 aromatic heterocycles. The quantitative estimate of drug-likeness (QED) is 0.917. The molecule has 0 aliphatic carbocycles. The average Bonchev–Trinajstić information content (AvgIpc) is 3.02. The second kappa shape index (κ2) is 6.48. The van der Waals surface area contributed by atoms with Crippen molar-refractivity contribution in [2.45, 2.75) is 18.9 Å². The fourth-order valence-corrected chi connectivity index (χ4v) is 2.74. The number of nitriles is 1. The molecule has 1 unspecified atom stereocenters. The Morgan fingerprint density at radius 3 is 2.96 bits per heavy atom. The number of anilines is 1. The van der Waals surface area contributed by atoms with E-state index in [1.54, 1.807) is 36.3 Å². The summed E-state index contributed by atoms with van der Waals surface area (Å²) in [6.45, 7) is 1.60. The first-order chi connectivity index (χ1) is 11.2. The fraction of sp³-hybridized carbons (Fsp3) is 0.375. The molecule has 0 saturated carbocycles. The molecule has 7 heteroatoms. The Hall–Kier alpha value is -2.88. The summed E-state index contributed by atoms with van der Waals surface area (Å²) in [6.07, 6.45) is 5.24. The second-order valence-electron chi connectivity index (χ2n) is 5.65. The van der Waals surface area contributed by atoms with Crippen LogP contribution in [0.4, 0.5) is 5.82 Å². The van der Waals surface area contributed by atoms with Gasteiger partial charge in [-0.2, -0.15) is 10.4 Å². The second-order valence-corrected chi connectivity index (χ2v) is 5.65. The number of nitrogens with zero attached hydrogens (tertiary/aromatic N) is 5. The summed E-state index contributed by atoms with van der Waals surface area (Å²) in [5, 5.41) is 16.0. The van der Waals surface area contributed by atoms with Gasteiger partial charge in [-0.15, -0.1) is 0 Å². The number of amides is 1. The van der Waals surface area contributed by atoms with Crippen LogP contribution in [0, 0.1) is 11.3 Å². The van der Waals surface area contributed by atoms with E-state index in [0.29, 0.717) is 17.8 Å². The summed E-state index contributed by atoms with van der Waals surface area (Å²) >= 11 is 0. The highest BCUT2D eigenvalue weighted by molar-refractivity contribution is 5.92. The van der Waals surface area contributed by atoms with E-state index in [-0.39, 0.29) is 11.9 Å². The Morgan fingerprint density at radius 1 is 1.43 bits per heavy atom. The molecule has 1 aliphatic heterocycles. The lowest BCUT2D eigenvalue weighted by atomic mass is 10.1. The van der Waals surface area contributed by atoms with Crippen LogP contribution in [0.1, 0.15) is 28.9 Å². The topological polar surface area (TPSA) is 86.8 Å². The van der Waals surface area contributed by atoms with Crippen molar-refractivity contribution in [1.29, 1.82) is 5.26 Å². The number of piperidine rings is 1. The summed E-state index contributed by atoms with van der Waals surface area (Å²) in [5.41, 5.74) is 0.979. The molecule has 2 aromatic rings. The maximum absolute atomic E-state index is 12.2. The van der Waals surface area contributed by atoms with Gasteiger partial charge in [0.25, 0.3) is 5.91 Å². The summed E-state index contributed by atoms with van der Waals surface area (Å²) in [4.78, 5) is 18.7. The molecule has 1 fully saturated rings. The number of rotatable bonds is 3. The predicted octanol–water partition coefficient (Wildman–Crippen LogP) is 1.09. The van der Waals surface area contributed by atoms with Crippen LogP contribution in [-0.2, 0) is 7.05 Å². The molecule has 3 rings (SSSR count). The van der Waals surface area contributed by atoms with Crippen molar-refractivity contribution in [3.8, 4) is 6.07 Å². The van der Waals surface area contributed by atoms with Crippen LogP contribution in [0.5, 0.6) is 0 Å². The van der Waals surface area contributed by atoms with Crippen LogP contribution in [-0.4, -0.2) is 39.8 Å². The Kier molecular flexibility index (Phi) is 4.24. The van der Waals surface area contributed by atoms with Crippen molar-refractivity contribution < 1.29 is 4.79 Å². The Labute approximate surface area is 134 Å². The molecule has 0 aromatic carbocycles. The van der Waals surface area contributed by atoms with E-state index < -0.39 is 0 Å². The largest absolute Gasteiger partial charge is 0.355 e. The molecule has 1 N–H and O–H groups in total. The van der Waals surface area contributed by atoms with E-state index in [1.807, 2.05) is 6.07 Å². The van der Waals surface area contributed by atoms with Gasteiger partial charge in [0.15, 0.2) is 0 Å². The fourth-order valence-electron chi connectivity index (χ4n) is 2.74. The van der Waals surface area contributed by atoms with E-state index in [9.17, 15) is 4.79 Å². The minimum absolute atomic E-state index is 0.0655. The molecule has 3 heterocycles. The molecule has 0 bridgehead atoms. The summed E-state index contributed by atoms with van der Waals surface area (Å²) in [6, 6.07) is 7.45. The van der Waals surface area contributed by atoms with Gasteiger partial charge >= 0.3 is 0 Å². The number of pyridine rings is 1. The number of aryl methyl sites for hydroxylation is 1. The molecule has 1 saturated heterocycles. The van der Waals surface area contributed by atoms with Crippen LogP contribution in [0.25, 0.3) is 0 Å². The maximum Gasteiger partial charge on any atom is 0.272 e. The first-order valence-electron chi connectivity index (χ1n) is 7.57. The summed E-state index contributed by atoms with van der Waals surface area (Å²) in [7, 11) is 1.79. The van der Waals surface area contributed by atoms with Gasteiger partial charge in [0.05, 0.1) is 5.56 Å². The molecular weight excluding hydrogens is 292 g/mol. The van der Waals surface area contributed by atoms with Crippen LogP contribution < -0.4 is 10.2 Å². The zero-order chi connectivity index (χ0) is 16.2. The highest BCUT2D eigenvalue weighted by Crippen LogP contribution is 2.18. The third-order valence-corrected chi connectivity index (χ3v) is 3.90. The molecule has 1 aliphatic rings. The lowest BCUT2D eigenvalue weighted by Crippen LogP contribution is -2.48. The maximum atomic E-state index is 12.2. The highest BCUT2D eigenvalue weighted by Gasteiger charge is 2.23. The summed E-state index contributed by atoms with van der Waals surface area (Å²) in [5.74, 6) is 0.686. The molecule has 7 nitrogen and oxygen atoms in total. The van der Waals surface area contributed by atoms with Gasteiger partial charge in [0.2, 0.25) is 0 Å². The molecular formula is C16H18N6O. The number of carbonyl (C=O) groups excluding carboxylic acids is 1. The standard InChI is InChI=1S/C16H18N6O/c1-21-8-6-14(20-21)16(23)19-13-3-2-7-22(11-13)15-5-4-12(9-17)10-18-15/h4-6,8,10,13H,2-3,7,11H2,1H3,(H,19,23). The third kappa shape index (κ3) is 3.48. The highest BCUT2D eigenvalue weighted by atomic mass is 16.2. The van der Waals surface area contributed by atoms with E-state index >= 15 is 0 Å². The third-order valence-electron chi connectivity index (χ3n) is 3.90. The Morgan fingerprint density at radius 2 is 2.30 bits per heavy atom. The van der Waals surface area contributed by atoms with Gasteiger partial charge in [-0.05, 0) is 31.0 Å². The van der Waals surface area contributed by atoms with Crippen molar-refractivity contribution in [2.24, 2.45) is 7.05 Å². The Bertz CT molecular complexity index is 730. The average molecular weight is 310 g/mol. The van der Waals surface area contributed by atoms with Gasteiger partial charge in [-0.1, -0.05) is 0 Å². The van der Waals surface area contributed by atoms with Crippen molar-refractivity contribution in [3.63, 3.8) is 0 Å². The number of nitrogens with one attached hydrogen (secondary N) is 1. The van der Waals surface area contributed by atoms with E-state index in [1.165, 1.54) is 0 Å². The Balaban J connectivity index is 1.63. The van der Waals surface area contributed by atoms with Gasteiger partial charge in [-0.3, -0.25) is 9.48 Å². The molecule has 118 valence electrons. The van der Waals surface area contributed by atoms with Crippen molar-refractivity contribution in [1.82, 2.24) is 20.1 Å².